The first-order valence-electron chi connectivity index (χ1n) is 9.16. The summed E-state index contributed by atoms with van der Waals surface area (Å²) in [5.74, 6) is 2.06. The molecule has 2 rings (SSSR count). The minimum Gasteiger partial charge on any atom is -0.393 e. The van der Waals surface area contributed by atoms with E-state index >= 15 is 0 Å². The molecule has 2 fully saturated rings. The molecule has 0 aromatic rings. The highest BCUT2D eigenvalue weighted by molar-refractivity contribution is 4.94. The molecule has 21 heavy (non-hydrogen) atoms. The maximum atomic E-state index is 10.3. The Morgan fingerprint density at radius 1 is 1.24 bits per heavy atom. The molecule has 1 heterocycles. The van der Waals surface area contributed by atoms with Gasteiger partial charge in [0.05, 0.1) is 6.10 Å². The van der Waals surface area contributed by atoms with Crippen LogP contribution in [-0.4, -0.2) is 47.8 Å². The average molecular weight is 296 g/mol. The maximum absolute atomic E-state index is 10.3. The van der Waals surface area contributed by atoms with Crippen molar-refractivity contribution in [3.63, 3.8) is 0 Å². The van der Waals surface area contributed by atoms with Gasteiger partial charge in [0.25, 0.3) is 0 Å². The van der Waals surface area contributed by atoms with E-state index in [0.717, 1.165) is 43.8 Å². The first-order valence-corrected chi connectivity index (χ1v) is 9.16. The number of aliphatic hydroxyl groups is 1. The van der Waals surface area contributed by atoms with Crippen LogP contribution >= 0.6 is 0 Å². The SMILES string of the molecule is CCC(O)C1CC(NCCC(C)C)CN(C2CCC2C)C1. The van der Waals surface area contributed by atoms with Crippen LogP contribution in [0.2, 0.25) is 0 Å². The van der Waals surface area contributed by atoms with Gasteiger partial charge in [-0.1, -0.05) is 27.7 Å². The number of hydrogen-bond acceptors (Lipinski definition) is 3. The molecule has 0 aromatic carbocycles. The summed E-state index contributed by atoms with van der Waals surface area (Å²) in [6.07, 6.45) is 5.89. The Hall–Kier alpha value is -0.120. The number of aliphatic hydroxyl groups excluding tert-OH is 1. The van der Waals surface area contributed by atoms with Crippen molar-refractivity contribution in [2.75, 3.05) is 19.6 Å². The summed E-state index contributed by atoms with van der Waals surface area (Å²) < 4.78 is 0. The second kappa shape index (κ2) is 7.94. The van der Waals surface area contributed by atoms with Crippen LogP contribution in [0.25, 0.3) is 0 Å². The van der Waals surface area contributed by atoms with Crippen LogP contribution in [-0.2, 0) is 0 Å². The Bertz CT molecular complexity index is 308. The second-order valence-electron chi connectivity index (χ2n) is 7.88. The van der Waals surface area contributed by atoms with Crippen LogP contribution in [0, 0.1) is 17.8 Å². The smallest absolute Gasteiger partial charge is 0.0578 e. The van der Waals surface area contributed by atoms with E-state index in [1.807, 2.05) is 0 Å². The van der Waals surface area contributed by atoms with E-state index in [4.69, 9.17) is 0 Å². The third-order valence-corrected chi connectivity index (χ3v) is 5.67. The molecule has 0 amide bonds. The molecule has 0 aromatic heterocycles. The summed E-state index contributed by atoms with van der Waals surface area (Å²) in [6, 6.07) is 1.34. The summed E-state index contributed by atoms with van der Waals surface area (Å²) in [6.45, 7) is 12.5. The monoisotopic (exact) mass is 296 g/mol. The van der Waals surface area contributed by atoms with Crippen LogP contribution in [0.1, 0.15) is 59.8 Å². The fraction of sp³-hybridized carbons (Fsp3) is 1.00. The van der Waals surface area contributed by atoms with Gasteiger partial charge in [-0.15, -0.1) is 0 Å². The van der Waals surface area contributed by atoms with E-state index in [0.29, 0.717) is 12.0 Å². The number of nitrogens with zero attached hydrogens (tertiary/aromatic N) is 1. The Kier molecular flexibility index (Phi) is 6.51. The third-order valence-electron chi connectivity index (χ3n) is 5.67. The topological polar surface area (TPSA) is 35.5 Å². The molecule has 1 aliphatic carbocycles. The molecular weight excluding hydrogens is 260 g/mol. The second-order valence-corrected chi connectivity index (χ2v) is 7.88. The maximum Gasteiger partial charge on any atom is 0.0578 e. The Labute approximate surface area is 131 Å². The van der Waals surface area contributed by atoms with E-state index in [1.54, 1.807) is 0 Å². The molecule has 124 valence electrons. The predicted molar refractivity (Wildman–Crippen MR) is 89.4 cm³/mol. The van der Waals surface area contributed by atoms with E-state index in [2.05, 4.69) is 37.9 Å². The fourth-order valence-electron chi connectivity index (χ4n) is 3.97. The number of piperidine rings is 1. The van der Waals surface area contributed by atoms with Crippen LogP contribution in [0.15, 0.2) is 0 Å². The molecule has 3 nitrogen and oxygen atoms in total. The van der Waals surface area contributed by atoms with Crippen molar-refractivity contribution in [2.24, 2.45) is 17.8 Å². The summed E-state index contributed by atoms with van der Waals surface area (Å²) >= 11 is 0. The molecule has 1 saturated carbocycles. The van der Waals surface area contributed by atoms with Gasteiger partial charge in [-0.25, -0.2) is 0 Å². The Balaban J connectivity index is 1.89. The van der Waals surface area contributed by atoms with E-state index < -0.39 is 0 Å². The molecular formula is C18H36N2O. The highest BCUT2D eigenvalue weighted by Gasteiger charge is 2.38. The van der Waals surface area contributed by atoms with Gasteiger partial charge in [0.1, 0.15) is 0 Å². The highest BCUT2D eigenvalue weighted by Crippen LogP contribution is 2.35. The quantitative estimate of drug-likeness (QED) is 0.758. The molecule has 2 aliphatic rings. The number of hydrogen-bond donors (Lipinski definition) is 2. The van der Waals surface area contributed by atoms with Crippen molar-refractivity contribution in [1.82, 2.24) is 10.2 Å². The zero-order chi connectivity index (χ0) is 15.4. The third kappa shape index (κ3) is 4.67. The van der Waals surface area contributed by atoms with Gasteiger partial charge in [0.15, 0.2) is 0 Å². The number of rotatable bonds is 7. The normalized spacial score (nSPS) is 35.7. The van der Waals surface area contributed by atoms with Gasteiger partial charge in [-0.2, -0.15) is 0 Å². The standard InChI is InChI=1S/C18H36N2O/c1-5-18(21)15-10-16(19-9-8-13(2)3)12-20(11-15)17-7-6-14(17)4/h13-19,21H,5-12H2,1-4H3. The first-order chi connectivity index (χ1) is 10.0. The molecule has 1 saturated heterocycles. The van der Waals surface area contributed by atoms with E-state index in [1.165, 1.54) is 25.8 Å². The summed E-state index contributed by atoms with van der Waals surface area (Å²) in [5.41, 5.74) is 0. The molecule has 0 radical (unpaired) electrons. The van der Waals surface area contributed by atoms with Crippen molar-refractivity contribution in [3.05, 3.63) is 0 Å². The van der Waals surface area contributed by atoms with E-state index in [9.17, 15) is 5.11 Å². The lowest BCUT2D eigenvalue weighted by atomic mass is 9.77. The summed E-state index contributed by atoms with van der Waals surface area (Å²) in [7, 11) is 0. The first kappa shape index (κ1) is 17.2. The number of nitrogens with one attached hydrogen (secondary N) is 1. The fourth-order valence-corrected chi connectivity index (χ4v) is 3.97. The van der Waals surface area contributed by atoms with Gasteiger partial charge < -0.3 is 10.4 Å². The van der Waals surface area contributed by atoms with Crippen LogP contribution < -0.4 is 5.32 Å². The van der Waals surface area contributed by atoms with Crippen molar-refractivity contribution >= 4 is 0 Å². The lowest BCUT2D eigenvalue weighted by Gasteiger charge is -2.49. The minimum absolute atomic E-state index is 0.127. The van der Waals surface area contributed by atoms with Crippen LogP contribution in [0.5, 0.6) is 0 Å². The lowest BCUT2D eigenvalue weighted by Crippen LogP contribution is -2.58. The zero-order valence-corrected chi connectivity index (χ0v) is 14.5. The molecule has 3 heteroatoms. The molecule has 2 N–H and O–H groups in total. The predicted octanol–water partition coefficient (Wildman–Crippen LogP) is 2.88. The molecule has 0 bridgehead atoms. The molecule has 5 atom stereocenters. The van der Waals surface area contributed by atoms with Crippen molar-refractivity contribution in [3.8, 4) is 0 Å². The van der Waals surface area contributed by atoms with Crippen molar-refractivity contribution in [2.45, 2.75) is 78.0 Å². The number of likely N-dealkylation sites (tertiary alicyclic amines) is 1. The van der Waals surface area contributed by atoms with Crippen LogP contribution in [0.4, 0.5) is 0 Å². The van der Waals surface area contributed by atoms with Gasteiger partial charge in [-0.3, -0.25) is 4.90 Å². The highest BCUT2D eigenvalue weighted by atomic mass is 16.3. The van der Waals surface area contributed by atoms with Gasteiger partial charge in [0, 0.05) is 25.2 Å². The lowest BCUT2D eigenvalue weighted by molar-refractivity contribution is -0.0161. The van der Waals surface area contributed by atoms with Gasteiger partial charge >= 0.3 is 0 Å². The van der Waals surface area contributed by atoms with Gasteiger partial charge in [-0.05, 0) is 56.4 Å². The molecule has 1 aliphatic heterocycles. The molecule has 0 spiro atoms. The average Bonchev–Trinajstić information content (AvgIpc) is 2.44. The Morgan fingerprint density at radius 3 is 2.52 bits per heavy atom. The molecule has 5 unspecified atom stereocenters. The van der Waals surface area contributed by atoms with Crippen LogP contribution in [0.3, 0.4) is 0 Å². The van der Waals surface area contributed by atoms with E-state index in [-0.39, 0.29) is 6.10 Å². The van der Waals surface area contributed by atoms with Gasteiger partial charge in [0.2, 0.25) is 0 Å². The zero-order valence-electron chi connectivity index (χ0n) is 14.5. The van der Waals surface area contributed by atoms with Crippen molar-refractivity contribution < 1.29 is 5.11 Å². The summed E-state index contributed by atoms with van der Waals surface area (Å²) in [5, 5.41) is 14.1. The minimum atomic E-state index is -0.127. The van der Waals surface area contributed by atoms with Crippen molar-refractivity contribution in [1.29, 1.82) is 0 Å². The largest absolute Gasteiger partial charge is 0.393 e. The summed E-state index contributed by atoms with van der Waals surface area (Å²) in [4.78, 5) is 2.67. The Morgan fingerprint density at radius 2 is 2.00 bits per heavy atom.